The summed E-state index contributed by atoms with van der Waals surface area (Å²) in [6.07, 6.45) is 1.18. The number of nitrogens with one attached hydrogen (secondary N) is 1. The van der Waals surface area contributed by atoms with E-state index in [0.717, 1.165) is 17.8 Å². The molecule has 3 heteroatoms. The smallest absolute Gasteiger partial charge is 0.101 e. The van der Waals surface area contributed by atoms with Crippen LogP contribution in [0.5, 0.6) is 0 Å². The molecule has 1 aromatic carbocycles. The van der Waals surface area contributed by atoms with Gasteiger partial charge in [0.15, 0.2) is 0 Å². The molecule has 0 aliphatic carbocycles. The van der Waals surface area contributed by atoms with Gasteiger partial charge in [0.2, 0.25) is 0 Å². The number of nitrogens with zero attached hydrogens (tertiary/aromatic N) is 1. The molecule has 2 rings (SSSR count). The van der Waals surface area contributed by atoms with Crippen molar-refractivity contribution in [2.75, 3.05) is 12.8 Å². The number of fused-ring (bicyclic) bond motifs is 1. The van der Waals surface area contributed by atoms with E-state index in [1.807, 2.05) is 24.9 Å². The van der Waals surface area contributed by atoms with Gasteiger partial charge in [0, 0.05) is 11.9 Å². The first-order valence-corrected chi connectivity index (χ1v) is 6.99. The fraction of sp³-hybridized carbons (Fsp3) is 0.357. The van der Waals surface area contributed by atoms with Crippen LogP contribution in [-0.2, 0) is 6.54 Å². The van der Waals surface area contributed by atoms with Crippen LogP contribution in [0.4, 0.5) is 0 Å². The number of rotatable bonds is 5. The second kappa shape index (κ2) is 6.03. The number of thioether (sulfide) groups is 1. The minimum atomic E-state index is 0.879. The van der Waals surface area contributed by atoms with Gasteiger partial charge in [-0.05, 0) is 36.9 Å². The van der Waals surface area contributed by atoms with E-state index in [1.54, 1.807) is 0 Å². The molecule has 0 fully saturated rings. The van der Waals surface area contributed by atoms with Gasteiger partial charge in [-0.15, -0.1) is 11.8 Å². The Morgan fingerprint density at radius 1 is 1.29 bits per heavy atom. The number of hydrogen-bond donors (Lipinski definition) is 1. The van der Waals surface area contributed by atoms with Crippen molar-refractivity contribution in [2.45, 2.75) is 24.9 Å². The fourth-order valence-corrected chi connectivity index (χ4v) is 2.66. The predicted octanol–water partition coefficient (Wildman–Crippen LogP) is 3.46. The Bertz CT molecular complexity index is 497. The number of para-hydroxylation sites is 1. The second-order valence-electron chi connectivity index (χ2n) is 4.02. The number of benzene rings is 1. The van der Waals surface area contributed by atoms with E-state index in [2.05, 4.69) is 36.5 Å². The monoisotopic (exact) mass is 246 g/mol. The van der Waals surface area contributed by atoms with Gasteiger partial charge >= 0.3 is 0 Å². The summed E-state index contributed by atoms with van der Waals surface area (Å²) >= 11 is 1.85. The van der Waals surface area contributed by atoms with E-state index < -0.39 is 0 Å². The van der Waals surface area contributed by atoms with Crippen molar-refractivity contribution >= 4 is 22.7 Å². The van der Waals surface area contributed by atoms with E-state index in [4.69, 9.17) is 4.98 Å². The molecule has 0 amide bonds. The summed E-state index contributed by atoms with van der Waals surface area (Å²) in [5.74, 6) is 1.13. The lowest BCUT2D eigenvalue weighted by Gasteiger charge is -2.09. The van der Waals surface area contributed by atoms with Crippen molar-refractivity contribution in [1.82, 2.24) is 10.3 Å². The van der Waals surface area contributed by atoms with Crippen molar-refractivity contribution in [3.05, 3.63) is 35.9 Å². The molecule has 0 radical (unpaired) electrons. The van der Waals surface area contributed by atoms with Crippen molar-refractivity contribution in [3.8, 4) is 0 Å². The van der Waals surface area contributed by atoms with Crippen LogP contribution in [0.3, 0.4) is 0 Å². The Morgan fingerprint density at radius 3 is 2.88 bits per heavy atom. The summed E-state index contributed by atoms with van der Waals surface area (Å²) in [6, 6.07) is 10.6. The quantitative estimate of drug-likeness (QED) is 0.818. The highest BCUT2D eigenvalue weighted by atomic mass is 32.2. The van der Waals surface area contributed by atoms with Crippen LogP contribution in [0.15, 0.2) is 35.4 Å². The second-order valence-corrected chi connectivity index (χ2v) is 5.11. The molecular weight excluding hydrogens is 228 g/mol. The molecule has 2 nitrogen and oxygen atoms in total. The normalized spacial score (nSPS) is 10.9. The molecule has 0 bridgehead atoms. The summed E-state index contributed by atoms with van der Waals surface area (Å²) in [7, 11) is 1.98. The van der Waals surface area contributed by atoms with Crippen molar-refractivity contribution < 1.29 is 0 Å². The van der Waals surface area contributed by atoms with Crippen molar-refractivity contribution in [1.29, 1.82) is 0 Å². The third-order valence-corrected chi connectivity index (χ3v) is 3.81. The molecule has 0 saturated heterocycles. The molecule has 1 N–H and O–H groups in total. The van der Waals surface area contributed by atoms with Gasteiger partial charge in [-0.2, -0.15) is 0 Å². The Kier molecular flexibility index (Phi) is 4.40. The molecule has 2 aromatic rings. The van der Waals surface area contributed by atoms with Crippen LogP contribution in [0.1, 0.15) is 18.9 Å². The standard InChI is InChI=1S/C14H18N2S/c1-3-8-17-14-12(10-15-2)9-11-6-4-5-7-13(11)16-14/h4-7,9,15H,3,8,10H2,1-2H3. The van der Waals surface area contributed by atoms with Crippen LogP contribution in [0, 0.1) is 0 Å². The third kappa shape index (κ3) is 2.99. The van der Waals surface area contributed by atoms with Gasteiger partial charge in [-0.25, -0.2) is 4.98 Å². The number of hydrogen-bond acceptors (Lipinski definition) is 3. The highest BCUT2D eigenvalue weighted by Gasteiger charge is 2.06. The van der Waals surface area contributed by atoms with Crippen LogP contribution >= 0.6 is 11.8 Å². The summed E-state index contributed by atoms with van der Waals surface area (Å²) in [4.78, 5) is 4.75. The van der Waals surface area contributed by atoms with Crippen LogP contribution in [0.2, 0.25) is 0 Å². The molecule has 17 heavy (non-hydrogen) atoms. The van der Waals surface area contributed by atoms with Crippen molar-refractivity contribution in [2.24, 2.45) is 0 Å². The summed E-state index contributed by atoms with van der Waals surface area (Å²) in [5, 5.41) is 5.60. The molecule has 0 aliphatic heterocycles. The van der Waals surface area contributed by atoms with Gasteiger partial charge in [0.1, 0.15) is 5.03 Å². The SMILES string of the molecule is CCCSc1nc2ccccc2cc1CNC. The topological polar surface area (TPSA) is 24.9 Å². The molecule has 0 aliphatic rings. The predicted molar refractivity (Wildman–Crippen MR) is 75.5 cm³/mol. The van der Waals surface area contributed by atoms with Gasteiger partial charge < -0.3 is 5.32 Å². The number of aromatic nitrogens is 1. The number of pyridine rings is 1. The molecule has 0 unspecified atom stereocenters. The zero-order valence-electron chi connectivity index (χ0n) is 10.4. The molecule has 0 saturated carbocycles. The fourth-order valence-electron chi connectivity index (χ4n) is 1.78. The van der Waals surface area contributed by atoms with Gasteiger partial charge in [0.25, 0.3) is 0 Å². The van der Waals surface area contributed by atoms with E-state index in [-0.39, 0.29) is 0 Å². The maximum absolute atomic E-state index is 4.75. The maximum Gasteiger partial charge on any atom is 0.101 e. The van der Waals surface area contributed by atoms with E-state index >= 15 is 0 Å². The average Bonchev–Trinajstić information content (AvgIpc) is 2.36. The van der Waals surface area contributed by atoms with Gasteiger partial charge in [-0.1, -0.05) is 25.1 Å². The minimum absolute atomic E-state index is 0.879. The highest BCUT2D eigenvalue weighted by Crippen LogP contribution is 2.25. The van der Waals surface area contributed by atoms with Crippen LogP contribution in [0.25, 0.3) is 10.9 Å². The molecule has 1 aromatic heterocycles. The first-order valence-electron chi connectivity index (χ1n) is 6.01. The van der Waals surface area contributed by atoms with E-state index in [0.29, 0.717) is 0 Å². The summed E-state index contributed by atoms with van der Waals surface area (Å²) in [6.45, 7) is 3.08. The van der Waals surface area contributed by atoms with Crippen LogP contribution < -0.4 is 5.32 Å². The van der Waals surface area contributed by atoms with Crippen molar-refractivity contribution in [3.63, 3.8) is 0 Å². The lowest BCUT2D eigenvalue weighted by atomic mass is 10.1. The maximum atomic E-state index is 4.75. The summed E-state index contributed by atoms with van der Waals surface area (Å²) in [5.41, 5.74) is 2.38. The highest BCUT2D eigenvalue weighted by molar-refractivity contribution is 7.99. The Hall–Kier alpha value is -1.06. The Morgan fingerprint density at radius 2 is 2.12 bits per heavy atom. The van der Waals surface area contributed by atoms with Gasteiger partial charge in [0.05, 0.1) is 5.52 Å². The van der Waals surface area contributed by atoms with E-state index in [9.17, 15) is 0 Å². The molecular formula is C14H18N2S. The van der Waals surface area contributed by atoms with Gasteiger partial charge in [-0.3, -0.25) is 0 Å². The largest absolute Gasteiger partial charge is 0.316 e. The zero-order valence-corrected chi connectivity index (χ0v) is 11.2. The third-order valence-electron chi connectivity index (χ3n) is 2.57. The molecule has 0 atom stereocenters. The zero-order chi connectivity index (χ0) is 12.1. The molecule has 0 spiro atoms. The van der Waals surface area contributed by atoms with Crippen LogP contribution in [-0.4, -0.2) is 17.8 Å². The summed E-state index contributed by atoms with van der Waals surface area (Å²) < 4.78 is 0. The minimum Gasteiger partial charge on any atom is -0.316 e. The molecule has 1 heterocycles. The molecule has 90 valence electrons. The average molecular weight is 246 g/mol. The Labute approximate surface area is 107 Å². The first-order chi connectivity index (χ1) is 8.35. The lowest BCUT2D eigenvalue weighted by molar-refractivity contribution is 0.794. The Balaban J connectivity index is 2.42. The first kappa shape index (κ1) is 12.4. The lowest BCUT2D eigenvalue weighted by Crippen LogP contribution is -2.07. The van der Waals surface area contributed by atoms with E-state index in [1.165, 1.54) is 22.4 Å².